The third-order valence-corrected chi connectivity index (χ3v) is 4.92. The molecule has 3 rings (SSSR count). The quantitative estimate of drug-likeness (QED) is 0.841. The van der Waals surface area contributed by atoms with Crippen molar-refractivity contribution in [1.82, 2.24) is 14.8 Å². The van der Waals surface area contributed by atoms with Gasteiger partial charge in [0, 0.05) is 39.3 Å². The first-order valence-corrected chi connectivity index (χ1v) is 8.87. The zero-order chi connectivity index (χ0) is 16.8. The van der Waals surface area contributed by atoms with Gasteiger partial charge < -0.3 is 9.80 Å². The Morgan fingerprint density at radius 3 is 2.33 bits per heavy atom. The molecule has 1 aromatic rings. The van der Waals surface area contributed by atoms with Gasteiger partial charge in [0.05, 0.1) is 18.4 Å². The van der Waals surface area contributed by atoms with E-state index in [2.05, 4.69) is 14.8 Å². The van der Waals surface area contributed by atoms with Crippen LogP contribution in [-0.4, -0.2) is 66.5 Å². The van der Waals surface area contributed by atoms with Crippen molar-refractivity contribution in [2.75, 3.05) is 50.7 Å². The van der Waals surface area contributed by atoms with E-state index < -0.39 is 0 Å². The average Bonchev–Trinajstić information content (AvgIpc) is 2.92. The third kappa shape index (κ3) is 4.24. The highest BCUT2D eigenvalue weighted by atomic mass is 16.2. The molecule has 2 fully saturated rings. The van der Waals surface area contributed by atoms with Crippen molar-refractivity contribution in [3.05, 3.63) is 24.0 Å². The second-order valence-electron chi connectivity index (χ2n) is 6.57. The van der Waals surface area contributed by atoms with Crippen molar-refractivity contribution in [2.45, 2.75) is 25.7 Å². The minimum atomic E-state index is 0.283. The fourth-order valence-electron chi connectivity index (χ4n) is 3.41. The summed E-state index contributed by atoms with van der Waals surface area (Å²) in [6, 6.07) is 5.74. The maximum atomic E-state index is 12.5. The second kappa shape index (κ2) is 8.11. The molecule has 6 heteroatoms. The highest BCUT2D eigenvalue weighted by Crippen LogP contribution is 2.16. The maximum Gasteiger partial charge on any atom is 0.236 e. The van der Waals surface area contributed by atoms with E-state index in [1.54, 1.807) is 12.3 Å². The Bertz CT molecular complexity index is 578. The van der Waals surface area contributed by atoms with Crippen LogP contribution in [0.1, 0.15) is 31.4 Å². The number of carbonyl (C=O) groups is 1. The first-order chi connectivity index (χ1) is 11.8. The molecule has 3 heterocycles. The second-order valence-corrected chi connectivity index (χ2v) is 6.57. The number of piperazine rings is 1. The number of likely N-dealkylation sites (tertiary alicyclic amines) is 1. The summed E-state index contributed by atoms with van der Waals surface area (Å²) in [7, 11) is 0. The first-order valence-electron chi connectivity index (χ1n) is 8.87. The number of hydrogen-bond acceptors (Lipinski definition) is 5. The Hall–Kier alpha value is -2.13. The van der Waals surface area contributed by atoms with Crippen LogP contribution >= 0.6 is 0 Å². The van der Waals surface area contributed by atoms with Gasteiger partial charge >= 0.3 is 0 Å². The molecule has 2 saturated heterocycles. The molecule has 24 heavy (non-hydrogen) atoms. The van der Waals surface area contributed by atoms with Crippen molar-refractivity contribution < 1.29 is 4.79 Å². The van der Waals surface area contributed by atoms with Gasteiger partial charge in [0.2, 0.25) is 5.91 Å². The van der Waals surface area contributed by atoms with Crippen molar-refractivity contribution in [1.29, 1.82) is 5.26 Å². The first kappa shape index (κ1) is 16.7. The Balaban J connectivity index is 1.47. The fourth-order valence-corrected chi connectivity index (χ4v) is 3.41. The number of amides is 1. The van der Waals surface area contributed by atoms with Crippen LogP contribution in [0.2, 0.25) is 0 Å². The van der Waals surface area contributed by atoms with Crippen LogP contribution in [0.5, 0.6) is 0 Å². The smallest absolute Gasteiger partial charge is 0.236 e. The van der Waals surface area contributed by atoms with Gasteiger partial charge in [-0.05, 0) is 25.0 Å². The summed E-state index contributed by atoms with van der Waals surface area (Å²) in [5.74, 6) is 0.283. The van der Waals surface area contributed by atoms with E-state index in [9.17, 15) is 4.79 Å². The topological polar surface area (TPSA) is 63.5 Å². The Kier molecular flexibility index (Phi) is 5.65. The molecule has 0 saturated carbocycles. The summed E-state index contributed by atoms with van der Waals surface area (Å²) in [5, 5.41) is 8.81. The standard InChI is InChI=1S/C18H25N5O/c19-13-16-5-6-17(14-20-16)22-11-9-21(10-12-22)15-18(24)23-7-3-1-2-4-8-23/h5-6,14H,1-4,7-12,15H2. The molecule has 6 nitrogen and oxygen atoms in total. The van der Waals surface area contributed by atoms with Crippen molar-refractivity contribution in [2.24, 2.45) is 0 Å². The van der Waals surface area contributed by atoms with Crippen molar-refractivity contribution in [3.63, 3.8) is 0 Å². The molecule has 2 aliphatic rings. The fraction of sp³-hybridized carbons (Fsp3) is 0.611. The summed E-state index contributed by atoms with van der Waals surface area (Å²) in [5.41, 5.74) is 1.49. The van der Waals surface area contributed by atoms with Crippen LogP contribution in [-0.2, 0) is 4.79 Å². The monoisotopic (exact) mass is 327 g/mol. The molecule has 0 unspecified atom stereocenters. The molecule has 2 aliphatic heterocycles. The summed E-state index contributed by atoms with van der Waals surface area (Å²) in [4.78, 5) is 23.2. The molecule has 0 aliphatic carbocycles. The Morgan fingerprint density at radius 1 is 1.04 bits per heavy atom. The Labute approximate surface area is 143 Å². The van der Waals surface area contributed by atoms with E-state index in [0.29, 0.717) is 12.2 Å². The van der Waals surface area contributed by atoms with Crippen LogP contribution in [0.3, 0.4) is 0 Å². The van der Waals surface area contributed by atoms with Gasteiger partial charge in [0.15, 0.2) is 0 Å². The molecule has 1 amide bonds. The molecule has 0 radical (unpaired) electrons. The number of hydrogen-bond donors (Lipinski definition) is 0. The molecular weight excluding hydrogens is 302 g/mol. The van der Waals surface area contributed by atoms with E-state index in [1.165, 1.54) is 12.8 Å². The molecule has 128 valence electrons. The van der Waals surface area contributed by atoms with Gasteiger partial charge in [-0.15, -0.1) is 0 Å². The lowest BCUT2D eigenvalue weighted by Crippen LogP contribution is -2.50. The molecule has 0 aromatic carbocycles. The molecule has 0 spiro atoms. The lowest BCUT2D eigenvalue weighted by Gasteiger charge is -2.36. The zero-order valence-corrected chi connectivity index (χ0v) is 14.2. The third-order valence-electron chi connectivity index (χ3n) is 4.92. The minimum absolute atomic E-state index is 0.283. The number of carbonyl (C=O) groups excluding carboxylic acids is 1. The molecule has 0 N–H and O–H groups in total. The molecular formula is C18H25N5O. The summed E-state index contributed by atoms with van der Waals surface area (Å²) >= 11 is 0. The summed E-state index contributed by atoms with van der Waals surface area (Å²) in [6.07, 6.45) is 6.55. The Morgan fingerprint density at radius 2 is 1.75 bits per heavy atom. The number of pyridine rings is 1. The van der Waals surface area contributed by atoms with Crippen LogP contribution in [0, 0.1) is 11.3 Å². The van der Waals surface area contributed by atoms with E-state index in [4.69, 9.17) is 5.26 Å². The highest BCUT2D eigenvalue weighted by molar-refractivity contribution is 5.78. The van der Waals surface area contributed by atoms with Gasteiger partial charge in [-0.25, -0.2) is 4.98 Å². The van der Waals surface area contributed by atoms with Gasteiger partial charge in [-0.1, -0.05) is 12.8 Å². The SMILES string of the molecule is N#Cc1ccc(N2CCN(CC(=O)N3CCCCCC3)CC2)cn1. The summed E-state index contributed by atoms with van der Waals surface area (Å²) < 4.78 is 0. The van der Waals surface area contributed by atoms with Crippen LogP contribution in [0.15, 0.2) is 18.3 Å². The van der Waals surface area contributed by atoms with E-state index >= 15 is 0 Å². The number of aromatic nitrogens is 1. The normalized spacial score (nSPS) is 19.6. The number of nitrogens with zero attached hydrogens (tertiary/aromatic N) is 5. The largest absolute Gasteiger partial charge is 0.368 e. The maximum absolute atomic E-state index is 12.5. The van der Waals surface area contributed by atoms with Crippen LogP contribution < -0.4 is 4.90 Å². The lowest BCUT2D eigenvalue weighted by molar-refractivity contribution is -0.132. The molecule has 0 atom stereocenters. The number of rotatable bonds is 3. The molecule has 1 aromatic heterocycles. The van der Waals surface area contributed by atoms with E-state index in [-0.39, 0.29) is 5.91 Å². The number of anilines is 1. The minimum Gasteiger partial charge on any atom is -0.368 e. The number of nitriles is 1. The van der Waals surface area contributed by atoms with Gasteiger partial charge in [0.25, 0.3) is 0 Å². The lowest BCUT2D eigenvalue weighted by atomic mass is 10.2. The predicted molar refractivity (Wildman–Crippen MR) is 92.7 cm³/mol. The zero-order valence-electron chi connectivity index (χ0n) is 14.2. The van der Waals surface area contributed by atoms with E-state index in [1.807, 2.05) is 17.0 Å². The van der Waals surface area contributed by atoms with Gasteiger partial charge in [-0.3, -0.25) is 9.69 Å². The van der Waals surface area contributed by atoms with Crippen molar-refractivity contribution in [3.8, 4) is 6.07 Å². The highest BCUT2D eigenvalue weighted by Gasteiger charge is 2.22. The van der Waals surface area contributed by atoms with E-state index in [0.717, 1.165) is 57.8 Å². The predicted octanol–water partition coefficient (Wildman–Crippen LogP) is 1.48. The van der Waals surface area contributed by atoms with Gasteiger partial charge in [0.1, 0.15) is 11.8 Å². The van der Waals surface area contributed by atoms with Crippen molar-refractivity contribution >= 4 is 11.6 Å². The molecule has 0 bridgehead atoms. The van der Waals surface area contributed by atoms with Gasteiger partial charge in [-0.2, -0.15) is 5.26 Å². The van der Waals surface area contributed by atoms with Crippen LogP contribution in [0.25, 0.3) is 0 Å². The summed E-state index contributed by atoms with van der Waals surface area (Å²) in [6.45, 7) is 5.95. The van der Waals surface area contributed by atoms with Crippen LogP contribution in [0.4, 0.5) is 5.69 Å². The average molecular weight is 327 g/mol.